The number of hydrogen-bond donors (Lipinski definition) is 1. The Morgan fingerprint density at radius 2 is 1.65 bits per heavy atom. The molecule has 31 heavy (non-hydrogen) atoms. The Labute approximate surface area is 178 Å². The van der Waals surface area contributed by atoms with Gasteiger partial charge in [0.2, 0.25) is 11.6 Å². The molecule has 0 atom stereocenters. The van der Waals surface area contributed by atoms with Crippen molar-refractivity contribution in [3.8, 4) is 22.5 Å². The molecule has 0 aliphatic carbocycles. The van der Waals surface area contributed by atoms with Crippen LogP contribution in [0.25, 0.3) is 22.5 Å². The lowest BCUT2D eigenvalue weighted by Crippen LogP contribution is -2.20. The summed E-state index contributed by atoms with van der Waals surface area (Å²) in [5, 5.41) is 18.2. The van der Waals surface area contributed by atoms with Crippen LogP contribution >= 0.6 is 0 Å². The molecule has 1 N–H and O–H groups in total. The van der Waals surface area contributed by atoms with Gasteiger partial charge in [0.05, 0.1) is 6.54 Å². The molecule has 160 valence electrons. The van der Waals surface area contributed by atoms with Crippen LogP contribution in [0.5, 0.6) is 0 Å². The molecule has 7 nitrogen and oxygen atoms in total. The van der Waals surface area contributed by atoms with Crippen molar-refractivity contribution in [2.45, 2.75) is 45.6 Å². The van der Waals surface area contributed by atoms with E-state index in [1.54, 1.807) is 4.68 Å². The predicted octanol–water partition coefficient (Wildman–Crippen LogP) is 4.58. The van der Waals surface area contributed by atoms with Crippen LogP contribution in [0.1, 0.15) is 44.9 Å². The predicted molar refractivity (Wildman–Crippen MR) is 112 cm³/mol. The van der Waals surface area contributed by atoms with Gasteiger partial charge in [0.25, 0.3) is 0 Å². The zero-order valence-corrected chi connectivity index (χ0v) is 17.8. The first kappa shape index (κ1) is 20.8. The second-order valence-corrected chi connectivity index (χ2v) is 8.57. The van der Waals surface area contributed by atoms with Gasteiger partial charge in [-0.05, 0) is 28.0 Å². The number of tetrazole rings is 1. The summed E-state index contributed by atoms with van der Waals surface area (Å²) in [4.78, 5) is 4.13. The summed E-state index contributed by atoms with van der Waals surface area (Å²) in [5.74, 6) is -2.48. The maximum atomic E-state index is 13.8. The number of benzene rings is 2. The van der Waals surface area contributed by atoms with Gasteiger partial charge in [-0.3, -0.25) is 0 Å². The zero-order valence-electron chi connectivity index (χ0n) is 17.8. The van der Waals surface area contributed by atoms with E-state index in [1.807, 2.05) is 69.3 Å². The Morgan fingerprint density at radius 1 is 0.935 bits per heavy atom. The summed E-state index contributed by atoms with van der Waals surface area (Å²) in [6, 6.07) is 15.8. The van der Waals surface area contributed by atoms with E-state index in [0.29, 0.717) is 18.2 Å². The van der Waals surface area contributed by atoms with E-state index >= 15 is 0 Å². The highest BCUT2D eigenvalue weighted by Gasteiger charge is 2.33. The molecule has 2 aromatic carbocycles. The van der Waals surface area contributed by atoms with Crippen LogP contribution in [0.3, 0.4) is 0 Å². The summed E-state index contributed by atoms with van der Waals surface area (Å²) in [6.45, 7) is 6.98. The minimum atomic E-state index is -3.08. The van der Waals surface area contributed by atoms with Crippen molar-refractivity contribution in [3.63, 3.8) is 0 Å². The molecule has 4 rings (SSSR count). The monoisotopic (exact) mass is 423 g/mol. The number of aromatic nitrogens is 7. The van der Waals surface area contributed by atoms with Crippen molar-refractivity contribution < 1.29 is 8.78 Å². The quantitative estimate of drug-likeness (QED) is 0.508. The van der Waals surface area contributed by atoms with Crippen molar-refractivity contribution in [2.24, 2.45) is 0 Å². The van der Waals surface area contributed by atoms with E-state index in [-0.39, 0.29) is 0 Å². The molecule has 0 saturated carbocycles. The van der Waals surface area contributed by atoms with Crippen molar-refractivity contribution >= 4 is 0 Å². The van der Waals surface area contributed by atoms with E-state index in [4.69, 9.17) is 0 Å². The van der Waals surface area contributed by atoms with Crippen molar-refractivity contribution in [1.29, 1.82) is 0 Å². The topological polar surface area (TPSA) is 85.2 Å². The van der Waals surface area contributed by atoms with Gasteiger partial charge in [0, 0.05) is 17.9 Å². The lowest BCUT2D eigenvalue weighted by Gasteiger charge is -2.18. The molecular weight excluding hydrogens is 400 g/mol. The molecule has 0 unspecified atom stereocenters. The lowest BCUT2D eigenvalue weighted by molar-refractivity contribution is 0.00753. The highest BCUT2D eigenvalue weighted by atomic mass is 19.3. The summed E-state index contributed by atoms with van der Waals surface area (Å²) in [5.41, 5.74) is 3.43. The molecule has 0 spiro atoms. The molecule has 0 aliphatic rings. The van der Waals surface area contributed by atoms with E-state index in [2.05, 4.69) is 30.7 Å². The third-order valence-electron chi connectivity index (χ3n) is 4.82. The third kappa shape index (κ3) is 4.50. The maximum absolute atomic E-state index is 13.8. The fourth-order valence-corrected chi connectivity index (χ4v) is 3.29. The second-order valence-electron chi connectivity index (χ2n) is 8.57. The first-order valence-electron chi connectivity index (χ1n) is 9.88. The first-order valence-corrected chi connectivity index (χ1v) is 9.88. The second kappa shape index (κ2) is 7.64. The summed E-state index contributed by atoms with van der Waals surface area (Å²) < 4.78 is 29.2. The van der Waals surface area contributed by atoms with Crippen LogP contribution in [0.4, 0.5) is 8.78 Å². The number of hydrogen-bond acceptors (Lipinski definition) is 5. The number of H-pyrrole nitrogens is 1. The molecule has 2 heterocycles. The molecule has 0 aliphatic heterocycles. The highest BCUT2D eigenvalue weighted by molar-refractivity contribution is 5.70. The number of halogens is 2. The van der Waals surface area contributed by atoms with Crippen LogP contribution in [0.2, 0.25) is 0 Å². The van der Waals surface area contributed by atoms with Gasteiger partial charge < -0.3 is 0 Å². The smallest absolute Gasteiger partial charge is 0.245 e. The average molecular weight is 423 g/mol. The van der Waals surface area contributed by atoms with Crippen LogP contribution in [0.15, 0.2) is 48.5 Å². The average Bonchev–Trinajstić information content (AvgIpc) is 3.38. The van der Waals surface area contributed by atoms with E-state index < -0.39 is 17.2 Å². The van der Waals surface area contributed by atoms with Gasteiger partial charge in [0.15, 0.2) is 0 Å². The Morgan fingerprint density at radius 3 is 2.26 bits per heavy atom. The Kier molecular flexibility index (Phi) is 5.12. The largest absolute Gasteiger partial charge is 0.305 e. The fraction of sp³-hybridized carbons (Fsp3) is 0.318. The number of nitrogens with zero attached hydrogens (tertiary/aromatic N) is 6. The minimum Gasteiger partial charge on any atom is -0.245 e. The van der Waals surface area contributed by atoms with Crippen molar-refractivity contribution in [3.05, 3.63) is 65.7 Å². The van der Waals surface area contributed by atoms with Crippen LogP contribution < -0.4 is 0 Å². The Balaban J connectivity index is 1.60. The maximum Gasteiger partial charge on any atom is 0.305 e. The molecule has 0 amide bonds. The van der Waals surface area contributed by atoms with Gasteiger partial charge in [-0.2, -0.15) is 14.0 Å². The van der Waals surface area contributed by atoms with E-state index in [1.165, 1.54) is 0 Å². The number of aromatic amines is 1. The fourth-order valence-electron chi connectivity index (χ4n) is 3.29. The summed E-state index contributed by atoms with van der Waals surface area (Å²) in [7, 11) is 0. The SMILES string of the molecule is CC(C)(C)c1nc(C(C)(F)F)nn1Cc1ccc(-c2cccc(-c3nn[nH]n3)c2)cc1. The summed E-state index contributed by atoms with van der Waals surface area (Å²) >= 11 is 0. The number of nitrogens with one attached hydrogen (secondary N) is 1. The molecule has 2 aromatic heterocycles. The van der Waals surface area contributed by atoms with E-state index in [0.717, 1.165) is 29.2 Å². The zero-order chi connectivity index (χ0) is 22.2. The van der Waals surface area contributed by atoms with Gasteiger partial charge in [-0.1, -0.05) is 63.2 Å². The normalized spacial score (nSPS) is 12.3. The van der Waals surface area contributed by atoms with Crippen LogP contribution in [0, 0.1) is 0 Å². The molecule has 0 saturated heterocycles. The van der Waals surface area contributed by atoms with Crippen LogP contribution in [-0.4, -0.2) is 35.4 Å². The molecular formula is C22H23F2N7. The van der Waals surface area contributed by atoms with Gasteiger partial charge in [-0.15, -0.1) is 15.3 Å². The standard InChI is InChI=1S/C22H23F2N7/c1-21(2,3)20-25-19(22(4,23)24)28-31(20)13-14-8-10-15(11-9-14)16-6-5-7-17(12-16)18-26-29-30-27-18/h5-12H,13H2,1-4H3,(H,26,27,29,30). The number of alkyl halides is 2. The third-order valence-corrected chi connectivity index (χ3v) is 4.82. The minimum absolute atomic E-state index is 0.360. The Hall–Kier alpha value is -3.49. The van der Waals surface area contributed by atoms with Crippen molar-refractivity contribution in [1.82, 2.24) is 35.4 Å². The molecule has 0 fully saturated rings. The summed E-state index contributed by atoms with van der Waals surface area (Å²) in [6.07, 6.45) is 0. The van der Waals surface area contributed by atoms with Crippen molar-refractivity contribution in [2.75, 3.05) is 0 Å². The van der Waals surface area contributed by atoms with Gasteiger partial charge in [0.1, 0.15) is 5.82 Å². The lowest BCUT2D eigenvalue weighted by atomic mass is 9.95. The van der Waals surface area contributed by atoms with Gasteiger partial charge in [-0.25, -0.2) is 9.67 Å². The molecule has 9 heteroatoms. The molecule has 0 bridgehead atoms. The molecule has 0 radical (unpaired) electrons. The number of rotatable bonds is 5. The Bertz CT molecular complexity index is 1170. The van der Waals surface area contributed by atoms with E-state index in [9.17, 15) is 8.78 Å². The van der Waals surface area contributed by atoms with Gasteiger partial charge >= 0.3 is 5.92 Å². The molecule has 4 aromatic rings. The highest BCUT2D eigenvalue weighted by Crippen LogP contribution is 2.29. The first-order chi connectivity index (χ1) is 14.6. The van der Waals surface area contributed by atoms with Crippen LogP contribution in [-0.2, 0) is 17.9 Å².